The zero-order chi connectivity index (χ0) is 15.8. The number of halogens is 2. The third kappa shape index (κ3) is 3.69. The van der Waals surface area contributed by atoms with Crippen molar-refractivity contribution in [2.75, 3.05) is 13.6 Å². The summed E-state index contributed by atoms with van der Waals surface area (Å²) in [6.45, 7) is 0.617. The topological polar surface area (TPSA) is 80.5 Å². The van der Waals surface area contributed by atoms with Crippen molar-refractivity contribution in [2.24, 2.45) is 11.1 Å². The number of carbonyl (C=O) groups excluding carboxylic acids is 1. The largest absolute Gasteiger partial charge is 0.341 e. The van der Waals surface area contributed by atoms with Crippen LogP contribution in [0.2, 0.25) is 10.0 Å². The summed E-state index contributed by atoms with van der Waals surface area (Å²) in [4.78, 5) is 13.7. The zero-order valence-electron chi connectivity index (χ0n) is 11.5. The molecule has 0 unspecified atom stereocenters. The second kappa shape index (κ2) is 6.12. The molecule has 1 fully saturated rings. The Morgan fingerprint density at radius 3 is 2.48 bits per heavy atom. The van der Waals surface area contributed by atoms with Crippen molar-refractivity contribution >= 4 is 39.1 Å². The van der Waals surface area contributed by atoms with Crippen LogP contribution in [0.25, 0.3) is 0 Å². The molecule has 0 spiro atoms. The maximum Gasteiger partial charge on any atom is 0.255 e. The number of hydrogen-bond donors (Lipinski definition) is 1. The van der Waals surface area contributed by atoms with Crippen LogP contribution >= 0.6 is 23.2 Å². The Bertz CT molecular complexity index is 672. The Morgan fingerprint density at radius 1 is 1.38 bits per heavy atom. The highest BCUT2D eigenvalue weighted by molar-refractivity contribution is 7.89. The van der Waals surface area contributed by atoms with E-state index in [0.717, 1.165) is 18.9 Å². The molecule has 0 aliphatic heterocycles. The lowest BCUT2D eigenvalue weighted by atomic mass is 9.85. The maximum atomic E-state index is 12.4. The molecule has 21 heavy (non-hydrogen) atoms. The van der Waals surface area contributed by atoms with Gasteiger partial charge in [0.2, 0.25) is 10.0 Å². The molecule has 0 atom stereocenters. The number of nitrogens with zero attached hydrogens (tertiary/aromatic N) is 1. The highest BCUT2D eigenvalue weighted by Gasteiger charge is 2.25. The van der Waals surface area contributed by atoms with Crippen molar-refractivity contribution in [1.82, 2.24) is 4.90 Å². The maximum absolute atomic E-state index is 12.4. The van der Waals surface area contributed by atoms with Gasteiger partial charge in [-0.05, 0) is 30.9 Å². The van der Waals surface area contributed by atoms with Crippen LogP contribution in [0.1, 0.15) is 29.6 Å². The fourth-order valence-corrected chi connectivity index (χ4v) is 3.27. The molecule has 2 rings (SSSR count). The number of hydrogen-bond acceptors (Lipinski definition) is 3. The van der Waals surface area contributed by atoms with E-state index >= 15 is 0 Å². The average Bonchev–Trinajstić information content (AvgIpc) is 2.34. The van der Waals surface area contributed by atoms with E-state index in [4.69, 9.17) is 28.3 Å². The number of nitrogens with two attached hydrogens (primary N) is 1. The summed E-state index contributed by atoms with van der Waals surface area (Å²) < 4.78 is 22.9. The summed E-state index contributed by atoms with van der Waals surface area (Å²) in [7, 11) is -2.29. The van der Waals surface area contributed by atoms with Gasteiger partial charge in [-0.2, -0.15) is 0 Å². The fourth-order valence-electron chi connectivity index (χ4n) is 2.24. The minimum atomic E-state index is -3.95. The summed E-state index contributed by atoms with van der Waals surface area (Å²) in [6, 6.07) is 2.31. The Labute approximate surface area is 134 Å². The molecule has 0 radical (unpaired) electrons. The van der Waals surface area contributed by atoms with Gasteiger partial charge in [0.15, 0.2) is 0 Å². The average molecular weight is 351 g/mol. The normalized spacial score (nSPS) is 15.6. The van der Waals surface area contributed by atoms with E-state index in [1.165, 1.54) is 17.4 Å². The van der Waals surface area contributed by atoms with E-state index in [9.17, 15) is 13.2 Å². The van der Waals surface area contributed by atoms with Gasteiger partial charge in [-0.1, -0.05) is 29.6 Å². The molecule has 1 amide bonds. The van der Waals surface area contributed by atoms with E-state index in [1.54, 1.807) is 7.05 Å². The number of primary sulfonamides is 1. The van der Waals surface area contributed by atoms with Crippen LogP contribution in [0.3, 0.4) is 0 Å². The summed E-state index contributed by atoms with van der Waals surface area (Å²) in [5, 5.41) is 5.10. The van der Waals surface area contributed by atoms with Crippen molar-refractivity contribution in [3.05, 3.63) is 27.7 Å². The number of sulfonamides is 1. The first-order valence-corrected chi connectivity index (χ1v) is 8.77. The molecule has 8 heteroatoms. The summed E-state index contributed by atoms with van der Waals surface area (Å²) in [6.07, 6.45) is 3.38. The van der Waals surface area contributed by atoms with Gasteiger partial charge in [-0.25, -0.2) is 13.6 Å². The van der Waals surface area contributed by atoms with Gasteiger partial charge in [0.05, 0.1) is 20.5 Å². The monoisotopic (exact) mass is 350 g/mol. The molecular weight excluding hydrogens is 335 g/mol. The molecule has 1 aromatic carbocycles. The standard InChI is InChI=1S/C13H16Cl2N2O3S/c1-17(7-8-3-2-4-8)13(18)10-5-9(21(16,19)20)6-11(14)12(10)15/h5-6,8H,2-4,7H2,1H3,(H2,16,19,20). The van der Waals surface area contributed by atoms with Crippen molar-refractivity contribution in [1.29, 1.82) is 0 Å². The van der Waals surface area contributed by atoms with Crippen LogP contribution in [-0.2, 0) is 10.0 Å². The van der Waals surface area contributed by atoms with Gasteiger partial charge in [0.25, 0.3) is 5.91 Å². The van der Waals surface area contributed by atoms with Crippen LogP contribution in [0.4, 0.5) is 0 Å². The van der Waals surface area contributed by atoms with Crippen molar-refractivity contribution in [3.63, 3.8) is 0 Å². The second-order valence-electron chi connectivity index (χ2n) is 5.29. The first kappa shape index (κ1) is 16.5. The minimum absolute atomic E-state index is 0.0106. The van der Waals surface area contributed by atoms with Crippen molar-refractivity contribution in [2.45, 2.75) is 24.2 Å². The first-order valence-electron chi connectivity index (χ1n) is 6.47. The Kier molecular flexibility index (Phi) is 4.82. The van der Waals surface area contributed by atoms with Gasteiger partial charge in [-0.3, -0.25) is 4.79 Å². The first-order chi connectivity index (χ1) is 9.70. The van der Waals surface area contributed by atoms with E-state index in [0.29, 0.717) is 12.5 Å². The van der Waals surface area contributed by atoms with Crippen LogP contribution < -0.4 is 5.14 Å². The van der Waals surface area contributed by atoms with Crippen molar-refractivity contribution < 1.29 is 13.2 Å². The lowest BCUT2D eigenvalue weighted by Crippen LogP contribution is -2.34. The highest BCUT2D eigenvalue weighted by atomic mass is 35.5. The second-order valence-corrected chi connectivity index (χ2v) is 7.64. The molecule has 5 nitrogen and oxygen atoms in total. The molecular formula is C13H16Cl2N2O3S. The van der Waals surface area contributed by atoms with Crippen LogP contribution in [0.5, 0.6) is 0 Å². The quantitative estimate of drug-likeness (QED) is 0.905. The molecule has 1 aliphatic rings. The zero-order valence-corrected chi connectivity index (χ0v) is 13.8. The number of carbonyl (C=O) groups is 1. The van der Waals surface area contributed by atoms with Gasteiger partial charge in [0, 0.05) is 13.6 Å². The minimum Gasteiger partial charge on any atom is -0.341 e. The number of amides is 1. The van der Waals surface area contributed by atoms with E-state index in [-0.39, 0.29) is 26.4 Å². The van der Waals surface area contributed by atoms with Crippen LogP contribution in [0.15, 0.2) is 17.0 Å². The van der Waals surface area contributed by atoms with Gasteiger partial charge in [-0.15, -0.1) is 0 Å². The fraction of sp³-hybridized carbons (Fsp3) is 0.462. The predicted molar refractivity (Wildman–Crippen MR) is 82.1 cm³/mol. The van der Waals surface area contributed by atoms with E-state index in [2.05, 4.69) is 0 Å². The van der Waals surface area contributed by atoms with Crippen molar-refractivity contribution in [3.8, 4) is 0 Å². The molecule has 0 saturated heterocycles. The summed E-state index contributed by atoms with van der Waals surface area (Å²) in [5.74, 6) is 0.133. The molecule has 0 bridgehead atoms. The smallest absolute Gasteiger partial charge is 0.255 e. The SMILES string of the molecule is CN(CC1CCC1)C(=O)c1cc(S(N)(=O)=O)cc(Cl)c1Cl. The van der Waals surface area contributed by atoms with Crippen LogP contribution in [-0.4, -0.2) is 32.8 Å². The summed E-state index contributed by atoms with van der Waals surface area (Å²) in [5.41, 5.74) is 0.0509. The lowest BCUT2D eigenvalue weighted by molar-refractivity contribution is 0.0745. The Balaban J connectivity index is 2.33. The number of benzene rings is 1. The van der Waals surface area contributed by atoms with Gasteiger partial charge >= 0.3 is 0 Å². The van der Waals surface area contributed by atoms with E-state index < -0.39 is 10.0 Å². The molecule has 1 aliphatic carbocycles. The van der Waals surface area contributed by atoms with Gasteiger partial charge in [0.1, 0.15) is 0 Å². The molecule has 116 valence electrons. The predicted octanol–water partition coefficient (Wildman–Crippen LogP) is 2.51. The highest BCUT2D eigenvalue weighted by Crippen LogP contribution is 2.31. The summed E-state index contributed by atoms with van der Waals surface area (Å²) >= 11 is 11.9. The molecule has 2 N–H and O–H groups in total. The molecule has 1 saturated carbocycles. The Morgan fingerprint density at radius 2 is 2.00 bits per heavy atom. The third-order valence-corrected chi connectivity index (χ3v) is 5.36. The van der Waals surface area contributed by atoms with E-state index in [1.807, 2.05) is 0 Å². The van der Waals surface area contributed by atoms with Gasteiger partial charge < -0.3 is 4.90 Å². The Hall–Kier alpha value is -0.820. The molecule has 0 aromatic heterocycles. The number of rotatable bonds is 4. The van der Waals surface area contributed by atoms with Crippen LogP contribution in [0, 0.1) is 5.92 Å². The molecule has 0 heterocycles. The molecule has 1 aromatic rings. The third-order valence-electron chi connectivity index (χ3n) is 3.66. The lowest BCUT2D eigenvalue weighted by Gasteiger charge is -2.30.